The van der Waals surface area contributed by atoms with Gasteiger partial charge in [0.15, 0.2) is 5.16 Å². The third kappa shape index (κ3) is 3.59. The van der Waals surface area contributed by atoms with E-state index < -0.39 is 11.4 Å². The molecule has 1 amide bonds. The zero-order chi connectivity index (χ0) is 18.9. The number of halogens is 1. The Bertz CT molecular complexity index is 854. The summed E-state index contributed by atoms with van der Waals surface area (Å²) in [6.45, 7) is 4.35. The highest BCUT2D eigenvalue weighted by Crippen LogP contribution is 2.31. The molecule has 1 atom stereocenters. The molecule has 138 valence electrons. The number of nitrogens with zero attached hydrogens (tertiary/aromatic N) is 3. The van der Waals surface area contributed by atoms with Crippen LogP contribution in [-0.2, 0) is 9.59 Å². The third-order valence-corrected chi connectivity index (χ3v) is 6.13. The molecule has 26 heavy (non-hydrogen) atoms. The van der Waals surface area contributed by atoms with Gasteiger partial charge in [0.2, 0.25) is 5.91 Å². The van der Waals surface area contributed by atoms with Gasteiger partial charge in [-0.3, -0.25) is 14.2 Å². The smallest absolute Gasteiger partial charge is 0.311 e. The van der Waals surface area contributed by atoms with Gasteiger partial charge in [-0.1, -0.05) is 29.4 Å². The minimum absolute atomic E-state index is 0.0719. The Balaban J connectivity index is 1.68. The van der Waals surface area contributed by atoms with E-state index in [0.29, 0.717) is 23.1 Å². The molecule has 3 rings (SSSR count). The van der Waals surface area contributed by atoms with Crippen molar-refractivity contribution in [1.29, 1.82) is 0 Å². The molecule has 0 saturated carbocycles. The monoisotopic (exact) mass is 393 g/mol. The number of carbonyl (C=O) groups is 2. The minimum atomic E-state index is -0.854. The second-order valence-corrected chi connectivity index (χ2v) is 8.03. The van der Waals surface area contributed by atoms with E-state index in [2.05, 4.69) is 4.98 Å². The van der Waals surface area contributed by atoms with Gasteiger partial charge < -0.3 is 10.0 Å². The highest BCUT2D eigenvalue weighted by molar-refractivity contribution is 7.99. The maximum atomic E-state index is 12.5. The van der Waals surface area contributed by atoms with Crippen LogP contribution in [0.5, 0.6) is 0 Å². The number of hydrogen-bond acceptors (Lipinski definition) is 4. The van der Waals surface area contributed by atoms with Crippen LogP contribution < -0.4 is 0 Å². The van der Waals surface area contributed by atoms with Crippen LogP contribution in [0.3, 0.4) is 0 Å². The number of imidazole rings is 1. The van der Waals surface area contributed by atoms with Crippen LogP contribution in [0.1, 0.15) is 18.9 Å². The summed E-state index contributed by atoms with van der Waals surface area (Å²) in [7, 11) is 0. The molecule has 1 unspecified atom stereocenters. The quantitative estimate of drug-likeness (QED) is 0.789. The van der Waals surface area contributed by atoms with E-state index in [1.54, 1.807) is 18.0 Å². The molecule has 2 aromatic rings. The third-order valence-electron chi connectivity index (χ3n) is 4.77. The number of carboxylic acid groups (broad SMARTS) is 1. The second-order valence-electron chi connectivity index (χ2n) is 6.68. The summed E-state index contributed by atoms with van der Waals surface area (Å²) in [5.74, 6) is -0.712. The van der Waals surface area contributed by atoms with E-state index >= 15 is 0 Å². The van der Waals surface area contributed by atoms with Crippen LogP contribution in [0.4, 0.5) is 0 Å². The maximum Gasteiger partial charge on any atom is 0.311 e. The van der Waals surface area contributed by atoms with E-state index in [1.165, 1.54) is 11.8 Å². The molecule has 1 N–H and O–H groups in total. The summed E-state index contributed by atoms with van der Waals surface area (Å²) < 4.78 is 1.91. The molecule has 0 aliphatic carbocycles. The lowest BCUT2D eigenvalue weighted by Crippen LogP contribution is -2.35. The summed E-state index contributed by atoms with van der Waals surface area (Å²) >= 11 is 7.54. The number of carboxylic acids is 1. The molecule has 1 aromatic heterocycles. The van der Waals surface area contributed by atoms with Crippen molar-refractivity contribution in [2.45, 2.75) is 25.4 Å². The van der Waals surface area contributed by atoms with Crippen molar-refractivity contribution >= 4 is 35.2 Å². The lowest BCUT2D eigenvalue weighted by atomic mass is 9.90. The predicted octanol–water partition coefficient (Wildman–Crippen LogP) is 3.25. The fourth-order valence-corrected chi connectivity index (χ4v) is 4.04. The first kappa shape index (κ1) is 18.8. The summed E-state index contributed by atoms with van der Waals surface area (Å²) in [5, 5.41) is 10.7. The van der Waals surface area contributed by atoms with Crippen molar-refractivity contribution < 1.29 is 14.7 Å². The highest BCUT2D eigenvalue weighted by atomic mass is 35.5. The van der Waals surface area contributed by atoms with Gasteiger partial charge in [0.25, 0.3) is 0 Å². The van der Waals surface area contributed by atoms with Crippen molar-refractivity contribution in [3.63, 3.8) is 0 Å². The standard InChI is InChI=1S/C18H20ClN3O3S/c1-12-13(19)4-3-5-14(12)22-9-7-20-17(22)26-10-15(23)21-8-6-18(2,11-21)16(24)25/h3-5,7,9H,6,8,10-11H2,1-2H3,(H,24,25). The maximum absolute atomic E-state index is 12.5. The molecule has 0 spiro atoms. The average molecular weight is 394 g/mol. The number of aliphatic carboxylic acids is 1. The van der Waals surface area contributed by atoms with E-state index in [0.717, 1.165) is 11.3 Å². The van der Waals surface area contributed by atoms with E-state index in [-0.39, 0.29) is 18.2 Å². The number of hydrogen-bond donors (Lipinski definition) is 1. The Labute approximate surface area is 161 Å². The number of amides is 1. The van der Waals surface area contributed by atoms with Gasteiger partial charge in [-0.15, -0.1) is 0 Å². The van der Waals surface area contributed by atoms with Crippen LogP contribution in [0, 0.1) is 12.3 Å². The van der Waals surface area contributed by atoms with E-state index in [9.17, 15) is 14.7 Å². The molecular formula is C18H20ClN3O3S. The van der Waals surface area contributed by atoms with Crippen LogP contribution in [0.2, 0.25) is 5.02 Å². The molecule has 1 aliphatic rings. The molecule has 2 heterocycles. The Hall–Kier alpha value is -1.99. The average Bonchev–Trinajstić information content (AvgIpc) is 3.23. The van der Waals surface area contributed by atoms with Gasteiger partial charge in [0.1, 0.15) is 0 Å². The topological polar surface area (TPSA) is 75.4 Å². The summed E-state index contributed by atoms with van der Waals surface area (Å²) in [4.78, 5) is 29.8. The highest BCUT2D eigenvalue weighted by Gasteiger charge is 2.41. The van der Waals surface area contributed by atoms with Gasteiger partial charge >= 0.3 is 5.97 Å². The van der Waals surface area contributed by atoms with Crippen LogP contribution in [0.15, 0.2) is 35.7 Å². The Morgan fingerprint density at radius 1 is 1.42 bits per heavy atom. The molecule has 1 aliphatic heterocycles. The lowest BCUT2D eigenvalue weighted by molar-refractivity contribution is -0.147. The van der Waals surface area contributed by atoms with Gasteiger partial charge in [-0.05, 0) is 38.0 Å². The number of likely N-dealkylation sites (tertiary alicyclic amines) is 1. The summed E-state index contributed by atoms with van der Waals surface area (Å²) in [6.07, 6.45) is 4.00. The lowest BCUT2D eigenvalue weighted by Gasteiger charge is -2.20. The molecular weight excluding hydrogens is 374 g/mol. The fourth-order valence-electron chi connectivity index (χ4n) is 3.00. The van der Waals surface area contributed by atoms with Gasteiger partial charge in [-0.2, -0.15) is 0 Å². The molecule has 1 aromatic carbocycles. The first-order valence-corrected chi connectivity index (χ1v) is 9.61. The summed E-state index contributed by atoms with van der Waals surface area (Å²) in [6, 6.07) is 5.66. The largest absolute Gasteiger partial charge is 0.481 e. The Kier molecular flexibility index (Phi) is 5.29. The van der Waals surface area contributed by atoms with Gasteiger partial charge in [-0.25, -0.2) is 4.98 Å². The Morgan fingerprint density at radius 2 is 2.19 bits per heavy atom. The number of rotatable bonds is 5. The second kappa shape index (κ2) is 7.32. The molecule has 1 fully saturated rings. The number of aromatic nitrogens is 2. The molecule has 8 heteroatoms. The van der Waals surface area contributed by atoms with Crippen molar-refractivity contribution in [3.05, 3.63) is 41.2 Å². The molecule has 1 saturated heterocycles. The Morgan fingerprint density at radius 3 is 2.88 bits per heavy atom. The fraction of sp³-hybridized carbons (Fsp3) is 0.389. The van der Waals surface area contributed by atoms with Gasteiger partial charge in [0, 0.05) is 30.5 Å². The normalized spacial score (nSPS) is 19.7. The molecule has 0 bridgehead atoms. The van der Waals surface area contributed by atoms with E-state index in [1.807, 2.05) is 35.9 Å². The first-order chi connectivity index (χ1) is 12.3. The first-order valence-electron chi connectivity index (χ1n) is 8.24. The van der Waals surface area contributed by atoms with Crippen LogP contribution >= 0.6 is 23.4 Å². The number of benzene rings is 1. The summed E-state index contributed by atoms with van der Waals surface area (Å²) in [5.41, 5.74) is 1.01. The van der Waals surface area contributed by atoms with Crippen molar-refractivity contribution in [3.8, 4) is 5.69 Å². The van der Waals surface area contributed by atoms with Crippen molar-refractivity contribution in [2.24, 2.45) is 5.41 Å². The number of carbonyl (C=O) groups excluding carboxylic acids is 1. The van der Waals surface area contributed by atoms with Gasteiger partial charge in [0.05, 0.1) is 16.9 Å². The molecule has 6 nitrogen and oxygen atoms in total. The van der Waals surface area contributed by atoms with Crippen LogP contribution in [0.25, 0.3) is 5.69 Å². The van der Waals surface area contributed by atoms with Crippen molar-refractivity contribution in [2.75, 3.05) is 18.8 Å². The van der Waals surface area contributed by atoms with E-state index in [4.69, 9.17) is 11.6 Å². The zero-order valence-corrected chi connectivity index (χ0v) is 16.2. The molecule has 0 radical (unpaired) electrons. The minimum Gasteiger partial charge on any atom is -0.481 e. The predicted molar refractivity (Wildman–Crippen MR) is 101 cm³/mol. The number of thioether (sulfide) groups is 1. The SMILES string of the molecule is Cc1c(Cl)cccc1-n1ccnc1SCC(=O)N1CCC(C)(C(=O)O)C1. The van der Waals surface area contributed by atoms with Crippen LogP contribution in [-0.4, -0.2) is 50.3 Å². The zero-order valence-electron chi connectivity index (χ0n) is 14.6. The van der Waals surface area contributed by atoms with Crippen molar-refractivity contribution in [1.82, 2.24) is 14.5 Å².